The topological polar surface area (TPSA) is 368 Å². The van der Waals surface area contributed by atoms with Gasteiger partial charge in [0.1, 0.15) is 19.3 Å². The molecule has 0 aromatic heterocycles. The second-order valence-corrected chi connectivity index (χ2v) is 11.3. The van der Waals surface area contributed by atoms with Crippen molar-refractivity contribution in [2.45, 2.75) is 18.3 Å². The summed E-state index contributed by atoms with van der Waals surface area (Å²) in [5.41, 5.74) is -5.22. The molecule has 0 amide bonds. The lowest BCUT2D eigenvalue weighted by molar-refractivity contribution is -0.108. The number of carbonyl (C=O) groups excluding carboxylic acids is 4. The maximum atomic E-state index is 13.8. The molecular weight excluding hydrogens is 732 g/mol. The molecule has 0 saturated carbocycles. The molecule has 3 atom stereocenters. The van der Waals surface area contributed by atoms with E-state index in [1.807, 2.05) is 0 Å². The minimum Gasteiger partial charge on any atom is -0.504 e. The Bertz CT molecular complexity index is 2180. The Morgan fingerprint density at radius 2 is 1.00 bits per heavy atom. The first kappa shape index (κ1) is 37.6. The zero-order valence-electron chi connectivity index (χ0n) is 26.7. The molecule has 0 spiro atoms. The average molecular weight is 759 g/mol. The molecular formula is C33H26O21. The van der Waals surface area contributed by atoms with Crippen LogP contribution in [0.4, 0.5) is 0 Å². The molecule has 0 aliphatic carbocycles. The van der Waals surface area contributed by atoms with Crippen LogP contribution < -0.4 is 0 Å². The highest BCUT2D eigenvalue weighted by molar-refractivity contribution is 6.08. The highest BCUT2D eigenvalue weighted by Crippen LogP contribution is 2.53. The van der Waals surface area contributed by atoms with Crippen molar-refractivity contribution in [2.24, 2.45) is 0 Å². The van der Waals surface area contributed by atoms with Crippen molar-refractivity contribution in [3.05, 3.63) is 58.7 Å². The Hall–Kier alpha value is -7.68. The first-order valence-electron chi connectivity index (χ1n) is 14.8. The SMILES string of the molecule is O=C(OC[C@@H](OC(=O)c1cc(O)c(O)c(O)c1)[C@@H]1OC(=O)c2cc(O)c(O)c(O)c2-c2c(cc(O)c(O)c2O)C(=O)OCC1O)c1cc(O)c(O)c(O)c1. The lowest BCUT2D eigenvalue weighted by Crippen LogP contribution is -2.48. The number of benzene rings is 4. The third-order valence-electron chi connectivity index (χ3n) is 7.82. The molecule has 1 unspecified atom stereocenters. The Labute approximate surface area is 298 Å². The van der Waals surface area contributed by atoms with E-state index in [2.05, 4.69) is 0 Å². The number of aliphatic hydroxyl groups is 1. The van der Waals surface area contributed by atoms with Crippen LogP contribution in [-0.2, 0) is 18.9 Å². The number of aromatic hydroxyl groups is 12. The smallest absolute Gasteiger partial charge is 0.339 e. The molecule has 1 aliphatic rings. The number of fused-ring (bicyclic) bond motifs is 3. The molecule has 21 nitrogen and oxygen atoms in total. The lowest BCUT2D eigenvalue weighted by Gasteiger charge is -2.30. The number of esters is 4. The predicted molar refractivity (Wildman–Crippen MR) is 170 cm³/mol. The van der Waals surface area contributed by atoms with E-state index in [0.717, 1.165) is 0 Å². The molecule has 13 N–H and O–H groups in total. The van der Waals surface area contributed by atoms with Crippen LogP contribution in [0.2, 0.25) is 0 Å². The number of aliphatic hydroxyl groups excluding tert-OH is 1. The number of carbonyl (C=O) groups is 4. The molecule has 5 rings (SSSR count). The fourth-order valence-electron chi connectivity index (χ4n) is 5.13. The summed E-state index contributed by atoms with van der Waals surface area (Å²) in [5, 5.41) is 132. The zero-order valence-corrected chi connectivity index (χ0v) is 26.7. The van der Waals surface area contributed by atoms with Crippen molar-refractivity contribution in [3.63, 3.8) is 0 Å². The number of phenols is 12. The molecule has 0 radical (unpaired) electrons. The van der Waals surface area contributed by atoms with E-state index >= 15 is 0 Å². The maximum Gasteiger partial charge on any atom is 0.339 e. The Morgan fingerprint density at radius 3 is 1.46 bits per heavy atom. The number of ether oxygens (including phenoxy) is 4. The highest BCUT2D eigenvalue weighted by Gasteiger charge is 2.41. The molecule has 0 bridgehead atoms. The second-order valence-electron chi connectivity index (χ2n) is 11.3. The number of cyclic esters (lactones) is 2. The fourth-order valence-corrected chi connectivity index (χ4v) is 5.13. The quantitative estimate of drug-likeness (QED) is 0.0739. The summed E-state index contributed by atoms with van der Waals surface area (Å²) in [7, 11) is 0. The van der Waals surface area contributed by atoms with E-state index in [1.54, 1.807) is 0 Å². The summed E-state index contributed by atoms with van der Waals surface area (Å²) in [5.74, 6) is -20.0. The van der Waals surface area contributed by atoms with Crippen molar-refractivity contribution in [1.82, 2.24) is 0 Å². The molecule has 0 saturated heterocycles. The van der Waals surface area contributed by atoms with Crippen LogP contribution in [0.25, 0.3) is 11.1 Å². The van der Waals surface area contributed by atoms with Crippen LogP contribution in [0.15, 0.2) is 36.4 Å². The van der Waals surface area contributed by atoms with Crippen LogP contribution >= 0.6 is 0 Å². The first-order chi connectivity index (χ1) is 25.3. The van der Waals surface area contributed by atoms with E-state index in [0.29, 0.717) is 36.4 Å². The van der Waals surface area contributed by atoms with Crippen molar-refractivity contribution in [1.29, 1.82) is 0 Å². The molecule has 0 fully saturated rings. The summed E-state index contributed by atoms with van der Waals surface area (Å²) in [6, 6.07) is 3.46. The lowest BCUT2D eigenvalue weighted by atomic mass is 9.92. The van der Waals surface area contributed by atoms with Crippen molar-refractivity contribution >= 4 is 23.9 Å². The van der Waals surface area contributed by atoms with Gasteiger partial charge in [-0.3, -0.25) is 0 Å². The van der Waals surface area contributed by atoms with E-state index in [4.69, 9.17) is 18.9 Å². The van der Waals surface area contributed by atoms with Gasteiger partial charge in [-0.05, 0) is 36.4 Å². The third kappa shape index (κ3) is 6.83. The summed E-state index contributed by atoms with van der Waals surface area (Å²) < 4.78 is 20.8. The zero-order chi connectivity index (χ0) is 39.9. The van der Waals surface area contributed by atoms with Crippen LogP contribution in [0, 0.1) is 0 Å². The summed E-state index contributed by atoms with van der Waals surface area (Å²) in [6.07, 6.45) is -6.84. The molecule has 54 heavy (non-hydrogen) atoms. The molecule has 284 valence electrons. The van der Waals surface area contributed by atoms with Gasteiger partial charge in [-0.25, -0.2) is 19.2 Å². The van der Waals surface area contributed by atoms with E-state index < -0.39 is 158 Å². The first-order valence-corrected chi connectivity index (χ1v) is 14.8. The highest BCUT2D eigenvalue weighted by atomic mass is 16.6. The van der Waals surface area contributed by atoms with Crippen LogP contribution in [0.1, 0.15) is 41.4 Å². The standard InChI is InChI=1S/C33H26O21/c34-13-1-9(2-14(35)23(13)41)30(47)52-8-20(53-31(48)10-3-15(36)24(42)16(37)4-10)29-19(40)7-51-32(49)11-5-17(38)25(43)27(45)21(11)22-12(33(50)54-29)6-18(39)26(44)28(22)46/h1-6,19-20,29,34-46H,7-8H2/t19?,20-,29-/m1/s1. The summed E-state index contributed by atoms with van der Waals surface area (Å²) in [4.78, 5) is 53.3. The van der Waals surface area contributed by atoms with Crippen LogP contribution in [-0.4, -0.2) is 122 Å². The second kappa shape index (κ2) is 14.1. The number of rotatable bonds is 6. The molecule has 1 aliphatic heterocycles. The molecule has 4 aromatic carbocycles. The van der Waals surface area contributed by atoms with Gasteiger partial charge in [0.25, 0.3) is 0 Å². The van der Waals surface area contributed by atoms with Crippen molar-refractivity contribution in [3.8, 4) is 80.1 Å². The Morgan fingerprint density at radius 1 is 0.593 bits per heavy atom. The maximum absolute atomic E-state index is 13.8. The fraction of sp³-hybridized carbons (Fsp3) is 0.152. The van der Waals surface area contributed by atoms with Gasteiger partial charge in [0.2, 0.25) is 11.5 Å². The molecule has 21 heteroatoms. The minimum absolute atomic E-state index is 0.444. The van der Waals surface area contributed by atoms with Gasteiger partial charge >= 0.3 is 23.9 Å². The Balaban J connectivity index is 1.63. The van der Waals surface area contributed by atoms with Gasteiger partial charge in [0, 0.05) is 11.1 Å². The number of hydrogen-bond acceptors (Lipinski definition) is 21. The van der Waals surface area contributed by atoms with Gasteiger partial charge < -0.3 is 85.3 Å². The van der Waals surface area contributed by atoms with E-state index in [1.165, 1.54) is 0 Å². The van der Waals surface area contributed by atoms with Crippen LogP contribution in [0.3, 0.4) is 0 Å². The number of phenolic OH excluding ortho intramolecular Hbond substituents is 12. The van der Waals surface area contributed by atoms with E-state index in [9.17, 15) is 85.6 Å². The van der Waals surface area contributed by atoms with Crippen molar-refractivity contribution < 1.29 is 105 Å². The largest absolute Gasteiger partial charge is 0.504 e. The normalized spacial score (nSPS) is 16.1. The minimum atomic E-state index is -2.33. The van der Waals surface area contributed by atoms with Gasteiger partial charge in [0.15, 0.2) is 69.7 Å². The predicted octanol–water partition coefficient (Wildman–Crippen LogP) is 0.960. The monoisotopic (exact) mass is 758 g/mol. The Kier molecular flexibility index (Phi) is 9.84. The van der Waals surface area contributed by atoms with Gasteiger partial charge in [-0.2, -0.15) is 0 Å². The van der Waals surface area contributed by atoms with Gasteiger partial charge in [0.05, 0.1) is 22.3 Å². The van der Waals surface area contributed by atoms with Gasteiger partial charge in [-0.1, -0.05) is 0 Å². The molecule has 1 heterocycles. The van der Waals surface area contributed by atoms with Gasteiger partial charge in [-0.15, -0.1) is 0 Å². The van der Waals surface area contributed by atoms with Crippen molar-refractivity contribution in [2.75, 3.05) is 13.2 Å². The third-order valence-corrected chi connectivity index (χ3v) is 7.82. The molecule has 4 aromatic rings. The summed E-state index contributed by atoms with van der Waals surface area (Å²) in [6.45, 7) is -2.44. The van der Waals surface area contributed by atoms with Crippen LogP contribution in [0.5, 0.6) is 69.0 Å². The summed E-state index contributed by atoms with van der Waals surface area (Å²) >= 11 is 0. The number of hydrogen-bond donors (Lipinski definition) is 13. The van der Waals surface area contributed by atoms with E-state index in [-0.39, 0.29) is 0 Å². The average Bonchev–Trinajstić information content (AvgIpc) is 3.13.